The standard InChI is InChI=1S/C28H37F2N7O2/c1-17-10-18-11-21(19-13-33-35(3)15-19)22(26(29)30)12-25(18)37(14-17)27(31)23-16-36(28(38)32-2)7-4-24(23)34-20-5-8-39-9-6-20/h11-13,15,17,20,26,31,34H,4-10,14,16H2,1-3H3,(H,32,38)/t17-/m1/s1. The van der Waals surface area contributed by atoms with Gasteiger partial charge in [0.2, 0.25) is 0 Å². The number of fused-ring (bicyclic) bond motifs is 1. The van der Waals surface area contributed by atoms with Gasteiger partial charge >= 0.3 is 6.03 Å². The minimum absolute atomic E-state index is 0.0701. The SMILES string of the molecule is CNC(=O)N1CCC(NC2CCOCC2)=C(C(=N)N2C[C@H](C)Cc3cc(-c4cnn(C)c4)c(C(F)F)cc32)C1. The molecule has 1 fully saturated rings. The molecule has 1 saturated heterocycles. The van der Waals surface area contributed by atoms with Gasteiger partial charge in [0.1, 0.15) is 5.84 Å². The summed E-state index contributed by atoms with van der Waals surface area (Å²) >= 11 is 0. The van der Waals surface area contributed by atoms with E-state index in [1.54, 1.807) is 42.1 Å². The van der Waals surface area contributed by atoms with Crippen LogP contribution in [-0.2, 0) is 18.2 Å². The van der Waals surface area contributed by atoms with Crippen LogP contribution in [0.3, 0.4) is 0 Å². The van der Waals surface area contributed by atoms with Crippen LogP contribution in [0.15, 0.2) is 35.8 Å². The summed E-state index contributed by atoms with van der Waals surface area (Å²) in [4.78, 5) is 16.1. The van der Waals surface area contributed by atoms with E-state index >= 15 is 0 Å². The highest BCUT2D eigenvalue weighted by Gasteiger charge is 2.33. The van der Waals surface area contributed by atoms with E-state index in [4.69, 9.17) is 4.74 Å². The number of nitrogens with zero attached hydrogens (tertiary/aromatic N) is 4. The maximum absolute atomic E-state index is 14.4. The van der Waals surface area contributed by atoms with Crippen molar-refractivity contribution in [1.29, 1.82) is 5.41 Å². The summed E-state index contributed by atoms with van der Waals surface area (Å²) in [6.07, 6.45) is 3.75. The first kappa shape index (κ1) is 27.1. The highest BCUT2D eigenvalue weighted by Crippen LogP contribution is 2.40. The molecule has 2 aromatic rings. The molecule has 3 aliphatic heterocycles. The van der Waals surface area contributed by atoms with Crippen LogP contribution >= 0.6 is 0 Å². The Bertz CT molecular complexity index is 1270. The van der Waals surface area contributed by atoms with Crippen LogP contribution in [0.1, 0.15) is 43.7 Å². The number of hydrogen-bond donors (Lipinski definition) is 3. The zero-order valence-electron chi connectivity index (χ0n) is 22.8. The van der Waals surface area contributed by atoms with E-state index in [9.17, 15) is 19.0 Å². The number of aromatic nitrogens is 2. The van der Waals surface area contributed by atoms with Crippen LogP contribution in [0.25, 0.3) is 11.1 Å². The molecular formula is C28H37F2N7O2. The van der Waals surface area contributed by atoms with Gasteiger partial charge in [-0.05, 0) is 48.4 Å². The van der Waals surface area contributed by atoms with Crippen molar-refractivity contribution in [3.63, 3.8) is 0 Å². The van der Waals surface area contributed by atoms with Crippen LogP contribution < -0.4 is 15.5 Å². The van der Waals surface area contributed by atoms with Crippen LogP contribution in [0.5, 0.6) is 0 Å². The van der Waals surface area contributed by atoms with Gasteiger partial charge in [0, 0.05) is 87.1 Å². The summed E-state index contributed by atoms with van der Waals surface area (Å²) in [6.45, 7) is 4.85. The van der Waals surface area contributed by atoms with E-state index in [0.29, 0.717) is 49.5 Å². The van der Waals surface area contributed by atoms with Crippen LogP contribution in [0, 0.1) is 11.3 Å². The third-order valence-corrected chi connectivity index (χ3v) is 7.86. The Morgan fingerprint density at radius 2 is 2.03 bits per heavy atom. The predicted octanol–water partition coefficient (Wildman–Crippen LogP) is 4.07. The minimum atomic E-state index is -2.68. The number of aryl methyl sites for hydroxylation is 1. The highest BCUT2D eigenvalue weighted by molar-refractivity contribution is 6.09. The average molecular weight is 542 g/mol. The summed E-state index contributed by atoms with van der Waals surface area (Å²) in [5.41, 5.74) is 4.30. The summed E-state index contributed by atoms with van der Waals surface area (Å²) < 4.78 is 35.9. The van der Waals surface area contributed by atoms with Gasteiger partial charge in [0.15, 0.2) is 0 Å². The van der Waals surface area contributed by atoms with E-state index in [2.05, 4.69) is 22.7 Å². The monoisotopic (exact) mass is 541 g/mol. The number of hydrogen-bond acceptors (Lipinski definition) is 5. The number of nitrogens with one attached hydrogen (secondary N) is 3. The Morgan fingerprint density at radius 1 is 1.26 bits per heavy atom. The number of ether oxygens (including phenoxy) is 1. The quantitative estimate of drug-likeness (QED) is 0.392. The number of carbonyl (C=O) groups excluding carboxylic acids is 1. The molecule has 0 aliphatic carbocycles. The normalized spacial score (nSPS) is 20.3. The Balaban J connectivity index is 1.54. The number of alkyl halides is 2. The second kappa shape index (κ2) is 11.3. The first-order chi connectivity index (χ1) is 18.7. The van der Waals surface area contributed by atoms with Gasteiger partial charge in [0.25, 0.3) is 6.43 Å². The summed E-state index contributed by atoms with van der Waals surface area (Å²) in [5.74, 6) is 0.462. The molecule has 5 rings (SSSR count). The zero-order chi connectivity index (χ0) is 27.7. The third-order valence-electron chi connectivity index (χ3n) is 7.86. The van der Waals surface area contributed by atoms with E-state index < -0.39 is 6.43 Å². The maximum Gasteiger partial charge on any atom is 0.317 e. The lowest BCUT2D eigenvalue weighted by Gasteiger charge is -2.40. The molecule has 0 saturated carbocycles. The van der Waals surface area contributed by atoms with Crippen molar-refractivity contribution in [3.8, 4) is 11.1 Å². The first-order valence-electron chi connectivity index (χ1n) is 13.6. The summed E-state index contributed by atoms with van der Waals surface area (Å²) in [6, 6.07) is 3.44. The molecule has 3 N–H and O–H groups in total. The zero-order valence-corrected chi connectivity index (χ0v) is 22.8. The Hall–Kier alpha value is -3.47. The summed E-state index contributed by atoms with van der Waals surface area (Å²) in [7, 11) is 3.36. The largest absolute Gasteiger partial charge is 0.385 e. The van der Waals surface area contributed by atoms with Crippen molar-refractivity contribution in [2.45, 2.75) is 45.1 Å². The minimum Gasteiger partial charge on any atom is -0.385 e. The lowest BCUT2D eigenvalue weighted by Crippen LogP contribution is -2.49. The molecule has 210 valence electrons. The van der Waals surface area contributed by atoms with Crippen LogP contribution in [0.2, 0.25) is 0 Å². The molecule has 9 nitrogen and oxygen atoms in total. The molecule has 0 radical (unpaired) electrons. The van der Waals surface area contributed by atoms with Crippen molar-refractivity contribution < 1.29 is 18.3 Å². The maximum atomic E-state index is 14.4. The van der Waals surface area contributed by atoms with Gasteiger partial charge in [-0.3, -0.25) is 10.1 Å². The smallest absolute Gasteiger partial charge is 0.317 e. The second-order valence-corrected chi connectivity index (χ2v) is 10.8. The van der Waals surface area contributed by atoms with Crippen molar-refractivity contribution >= 4 is 17.6 Å². The first-order valence-corrected chi connectivity index (χ1v) is 13.6. The molecule has 39 heavy (non-hydrogen) atoms. The number of benzene rings is 1. The Labute approximate surface area is 227 Å². The van der Waals surface area contributed by atoms with Crippen molar-refractivity contribution in [2.24, 2.45) is 13.0 Å². The fourth-order valence-electron chi connectivity index (χ4n) is 5.84. The number of rotatable bonds is 5. The molecule has 4 heterocycles. The van der Waals surface area contributed by atoms with Gasteiger partial charge in [-0.2, -0.15) is 5.10 Å². The van der Waals surface area contributed by atoms with Crippen LogP contribution in [0.4, 0.5) is 19.3 Å². The molecule has 1 aromatic carbocycles. The number of amides is 2. The van der Waals surface area contributed by atoms with Gasteiger partial charge in [0.05, 0.1) is 12.7 Å². The van der Waals surface area contributed by atoms with Crippen molar-refractivity contribution in [1.82, 2.24) is 25.3 Å². The molecule has 1 aromatic heterocycles. The Kier molecular flexibility index (Phi) is 7.88. The lowest BCUT2D eigenvalue weighted by molar-refractivity contribution is 0.0798. The van der Waals surface area contributed by atoms with E-state index in [-0.39, 0.29) is 35.9 Å². The van der Waals surface area contributed by atoms with E-state index in [1.807, 2.05) is 11.0 Å². The van der Waals surface area contributed by atoms with E-state index in [0.717, 1.165) is 36.1 Å². The number of amidine groups is 1. The molecular weight excluding hydrogens is 504 g/mol. The number of halogens is 2. The van der Waals surface area contributed by atoms with Crippen LogP contribution in [-0.4, -0.2) is 72.5 Å². The molecule has 11 heteroatoms. The number of anilines is 1. The topological polar surface area (TPSA) is 98.5 Å². The average Bonchev–Trinajstić information content (AvgIpc) is 3.37. The second-order valence-electron chi connectivity index (χ2n) is 10.8. The predicted molar refractivity (Wildman–Crippen MR) is 146 cm³/mol. The number of urea groups is 1. The molecule has 0 spiro atoms. The van der Waals surface area contributed by atoms with Gasteiger partial charge in [-0.1, -0.05) is 6.92 Å². The molecule has 0 bridgehead atoms. The summed E-state index contributed by atoms with van der Waals surface area (Å²) in [5, 5.41) is 19.9. The lowest BCUT2D eigenvalue weighted by atomic mass is 9.88. The molecule has 3 aliphatic rings. The van der Waals surface area contributed by atoms with Gasteiger partial charge < -0.3 is 25.2 Å². The van der Waals surface area contributed by atoms with Gasteiger partial charge in [-0.25, -0.2) is 13.6 Å². The molecule has 0 unspecified atom stereocenters. The van der Waals surface area contributed by atoms with Crippen molar-refractivity contribution in [2.75, 3.05) is 44.8 Å². The number of carbonyl (C=O) groups is 1. The van der Waals surface area contributed by atoms with E-state index in [1.165, 1.54) is 0 Å². The molecule has 2 amide bonds. The fraction of sp³-hybridized carbons (Fsp3) is 0.536. The highest BCUT2D eigenvalue weighted by atomic mass is 19.3. The Morgan fingerprint density at radius 3 is 2.69 bits per heavy atom. The third kappa shape index (κ3) is 5.63. The molecule has 1 atom stereocenters. The fourth-order valence-corrected chi connectivity index (χ4v) is 5.84. The van der Waals surface area contributed by atoms with Gasteiger partial charge in [-0.15, -0.1) is 0 Å². The van der Waals surface area contributed by atoms with Crippen molar-refractivity contribution in [3.05, 3.63) is 46.9 Å².